The molecule has 2 aromatic rings. The van der Waals surface area contributed by atoms with Gasteiger partial charge in [0, 0.05) is 68.1 Å². The van der Waals surface area contributed by atoms with Crippen LogP contribution in [0.4, 0.5) is 17.3 Å². The number of aliphatic hydroxyl groups excluding tert-OH is 1. The highest BCUT2D eigenvalue weighted by atomic mass is 32.2. The van der Waals surface area contributed by atoms with E-state index in [-0.39, 0.29) is 12.2 Å². The fraction of sp³-hybridized carbons (Fsp3) is 0.571. The minimum absolute atomic E-state index is 0.0821. The van der Waals surface area contributed by atoms with Gasteiger partial charge in [-0.2, -0.15) is 10.2 Å². The van der Waals surface area contributed by atoms with Crippen LogP contribution in [0.3, 0.4) is 0 Å². The van der Waals surface area contributed by atoms with Gasteiger partial charge < -0.3 is 24.4 Å². The molecule has 7 heterocycles. The van der Waals surface area contributed by atoms with E-state index in [1.807, 2.05) is 12.3 Å². The average Bonchev–Trinajstić information content (AvgIpc) is 3.44. The van der Waals surface area contributed by atoms with Crippen LogP contribution in [0.1, 0.15) is 56.7 Å². The van der Waals surface area contributed by atoms with E-state index in [1.165, 1.54) is 17.6 Å². The Morgan fingerprint density at radius 3 is 2.68 bits per heavy atom. The molecule has 1 aromatic heterocycles. The molecule has 2 fully saturated rings. The van der Waals surface area contributed by atoms with Crippen molar-refractivity contribution in [3.8, 4) is 0 Å². The number of rotatable bonds is 4. The first-order valence-electron chi connectivity index (χ1n) is 13.8. The third-order valence-electron chi connectivity index (χ3n) is 8.29. The predicted molar refractivity (Wildman–Crippen MR) is 155 cm³/mol. The fourth-order valence-corrected chi connectivity index (χ4v) is 6.33. The normalized spacial score (nSPS) is 25.3. The molecular weight excluding hydrogens is 498 g/mol. The topological polar surface area (TPSA) is 98.5 Å². The van der Waals surface area contributed by atoms with Gasteiger partial charge in [-0.1, -0.05) is 11.9 Å². The molecule has 0 spiro atoms. The van der Waals surface area contributed by atoms with Crippen LogP contribution in [0.25, 0.3) is 0 Å². The van der Waals surface area contributed by atoms with Gasteiger partial charge in [0.05, 0.1) is 29.3 Å². The van der Waals surface area contributed by atoms with Gasteiger partial charge in [0.15, 0.2) is 0 Å². The molecule has 6 aliphatic heterocycles. The van der Waals surface area contributed by atoms with Crippen molar-refractivity contribution < 1.29 is 9.84 Å². The number of nitrogens with zero attached hydrogens (tertiary/aromatic N) is 6. The summed E-state index contributed by atoms with van der Waals surface area (Å²) in [6.07, 6.45) is 7.91. The second-order valence-electron chi connectivity index (χ2n) is 10.9. The number of benzene rings is 1. The maximum absolute atomic E-state index is 9.18. The van der Waals surface area contributed by atoms with Crippen LogP contribution in [0, 0.1) is 5.92 Å². The Morgan fingerprint density at radius 1 is 1.05 bits per heavy atom. The molecule has 10 heteroatoms. The maximum atomic E-state index is 9.18. The zero-order valence-corrected chi connectivity index (χ0v) is 22.9. The molecule has 8 bridgehead atoms. The first kappa shape index (κ1) is 25.6. The van der Waals surface area contributed by atoms with E-state index in [0.29, 0.717) is 18.1 Å². The smallest absolute Gasteiger partial charge is 0.225 e. The average molecular weight is 536 g/mol. The SMILES string of the molecule is CC12CCN(CC1)c1cc(NSCCO)ccc1C1=NN=C(C1)c1ccnc(n1)N1CCC(CCO2)CC1. The minimum atomic E-state index is -0.0821. The zero-order chi connectivity index (χ0) is 26.0. The van der Waals surface area contributed by atoms with Crippen molar-refractivity contribution in [3.05, 3.63) is 41.7 Å². The summed E-state index contributed by atoms with van der Waals surface area (Å²) < 4.78 is 9.92. The molecule has 1 aromatic carbocycles. The lowest BCUT2D eigenvalue weighted by atomic mass is 9.91. The lowest BCUT2D eigenvalue weighted by Crippen LogP contribution is -2.45. The quantitative estimate of drug-likeness (QED) is 0.446. The van der Waals surface area contributed by atoms with E-state index in [9.17, 15) is 5.11 Å². The second-order valence-corrected chi connectivity index (χ2v) is 11.8. The molecule has 8 rings (SSSR count). The summed E-state index contributed by atoms with van der Waals surface area (Å²) in [5.74, 6) is 2.12. The van der Waals surface area contributed by atoms with Crippen LogP contribution in [0.2, 0.25) is 0 Å². The first-order valence-corrected chi connectivity index (χ1v) is 14.8. The van der Waals surface area contributed by atoms with E-state index in [0.717, 1.165) is 99.2 Å². The number of aliphatic hydroxyl groups is 1. The summed E-state index contributed by atoms with van der Waals surface area (Å²) in [7, 11) is 0. The van der Waals surface area contributed by atoms with Gasteiger partial charge in [0.25, 0.3) is 0 Å². The van der Waals surface area contributed by atoms with E-state index < -0.39 is 0 Å². The number of anilines is 3. The number of piperidine rings is 2. The van der Waals surface area contributed by atoms with Gasteiger partial charge in [0.2, 0.25) is 5.95 Å². The van der Waals surface area contributed by atoms with E-state index in [2.05, 4.69) is 54.8 Å². The van der Waals surface area contributed by atoms with Crippen LogP contribution in [0.5, 0.6) is 0 Å². The summed E-state index contributed by atoms with van der Waals surface area (Å²) in [4.78, 5) is 14.3. The van der Waals surface area contributed by atoms with Gasteiger partial charge in [0.1, 0.15) is 0 Å². The Labute approximate surface area is 228 Å². The highest BCUT2D eigenvalue weighted by Crippen LogP contribution is 2.35. The van der Waals surface area contributed by atoms with Crippen LogP contribution in [0.15, 0.2) is 40.7 Å². The number of fused-ring (bicyclic) bond motifs is 2. The summed E-state index contributed by atoms with van der Waals surface area (Å²) >= 11 is 1.51. The number of hydrogen-bond acceptors (Lipinski definition) is 10. The maximum Gasteiger partial charge on any atom is 0.225 e. The third-order valence-corrected chi connectivity index (χ3v) is 9.06. The fourth-order valence-electron chi connectivity index (χ4n) is 5.84. The molecule has 202 valence electrons. The molecule has 9 nitrogen and oxygen atoms in total. The van der Waals surface area contributed by atoms with Crippen LogP contribution in [-0.4, -0.2) is 77.2 Å². The van der Waals surface area contributed by atoms with Crippen molar-refractivity contribution in [2.45, 2.75) is 51.0 Å². The van der Waals surface area contributed by atoms with Gasteiger partial charge in [-0.05, 0) is 69.2 Å². The molecule has 0 aliphatic carbocycles. The largest absolute Gasteiger partial charge is 0.395 e. The molecular formula is C28H37N7O2S. The zero-order valence-electron chi connectivity index (χ0n) is 22.1. The van der Waals surface area contributed by atoms with Crippen molar-refractivity contribution in [2.24, 2.45) is 16.1 Å². The number of aromatic nitrogens is 2. The van der Waals surface area contributed by atoms with Crippen LogP contribution >= 0.6 is 11.9 Å². The van der Waals surface area contributed by atoms with Gasteiger partial charge >= 0.3 is 0 Å². The monoisotopic (exact) mass is 535 g/mol. The van der Waals surface area contributed by atoms with Crippen molar-refractivity contribution in [2.75, 3.05) is 59.7 Å². The number of hydrogen-bond donors (Lipinski definition) is 2. The summed E-state index contributed by atoms with van der Waals surface area (Å²) in [6, 6.07) is 8.39. The molecule has 0 amide bonds. The molecule has 0 unspecified atom stereocenters. The summed E-state index contributed by atoms with van der Waals surface area (Å²) in [6.45, 7) is 7.09. The molecule has 0 radical (unpaired) electrons. The first-order chi connectivity index (χ1) is 18.6. The Balaban J connectivity index is 1.31. The van der Waals surface area contributed by atoms with E-state index >= 15 is 0 Å². The van der Waals surface area contributed by atoms with Crippen molar-refractivity contribution in [1.29, 1.82) is 0 Å². The molecule has 38 heavy (non-hydrogen) atoms. The van der Waals surface area contributed by atoms with Crippen molar-refractivity contribution in [3.63, 3.8) is 0 Å². The molecule has 0 atom stereocenters. The lowest BCUT2D eigenvalue weighted by Gasteiger charge is -2.41. The van der Waals surface area contributed by atoms with Crippen molar-refractivity contribution in [1.82, 2.24) is 9.97 Å². The molecule has 6 aliphatic rings. The van der Waals surface area contributed by atoms with Gasteiger partial charge in [-0.3, -0.25) is 0 Å². The van der Waals surface area contributed by atoms with E-state index in [4.69, 9.17) is 9.72 Å². The number of ether oxygens (including phenoxy) is 1. The van der Waals surface area contributed by atoms with Gasteiger partial charge in [-0.15, -0.1) is 0 Å². The summed E-state index contributed by atoms with van der Waals surface area (Å²) in [5, 5.41) is 18.4. The Bertz CT molecular complexity index is 1200. The van der Waals surface area contributed by atoms with Crippen LogP contribution in [-0.2, 0) is 4.74 Å². The van der Waals surface area contributed by atoms with E-state index in [1.54, 1.807) is 0 Å². The van der Waals surface area contributed by atoms with Crippen LogP contribution < -0.4 is 14.5 Å². The number of nitrogens with one attached hydrogen (secondary N) is 1. The molecule has 2 saturated heterocycles. The highest BCUT2D eigenvalue weighted by molar-refractivity contribution is 8.00. The predicted octanol–water partition coefficient (Wildman–Crippen LogP) is 4.12. The Hall–Kier alpha value is -2.69. The second kappa shape index (κ2) is 11.2. The van der Waals surface area contributed by atoms with Crippen molar-refractivity contribution >= 4 is 40.7 Å². The Kier molecular flexibility index (Phi) is 7.54. The third kappa shape index (κ3) is 5.53. The van der Waals surface area contributed by atoms with Gasteiger partial charge in [-0.25, -0.2) is 9.97 Å². The molecule has 2 N–H and O–H groups in total. The standard InChI is InChI=1S/C28H37N7O2S/c1-28-8-13-34(14-9-28)26-18-21(33-38-17-15-36)2-3-22(26)24-19-25(32-31-24)23-4-10-29-27(30-23)35-11-5-20(6-12-35)7-16-37-28/h2-4,10,18,20,33,36H,5-9,11-17,19H2,1H3. The molecule has 0 saturated carbocycles. The Morgan fingerprint density at radius 2 is 1.87 bits per heavy atom. The minimum Gasteiger partial charge on any atom is -0.395 e. The highest BCUT2D eigenvalue weighted by Gasteiger charge is 2.33. The summed E-state index contributed by atoms with van der Waals surface area (Å²) in [5.41, 5.74) is 5.94. The lowest BCUT2D eigenvalue weighted by molar-refractivity contribution is -0.0531.